The van der Waals surface area contributed by atoms with Gasteiger partial charge in [-0.15, -0.1) is 0 Å². The number of hydrogen-bond donors (Lipinski definition) is 2. The van der Waals surface area contributed by atoms with Crippen molar-refractivity contribution in [3.05, 3.63) is 36.5 Å². The molecule has 1 atom stereocenters. The number of carbonyl (C=O) groups excluding carboxylic acids is 1. The van der Waals surface area contributed by atoms with Gasteiger partial charge in [-0.25, -0.2) is 0 Å². The molecule has 1 aromatic carbocycles. The van der Waals surface area contributed by atoms with Crippen LogP contribution in [-0.2, 0) is 4.79 Å². The van der Waals surface area contributed by atoms with Gasteiger partial charge in [-0.2, -0.15) is 0 Å². The van der Waals surface area contributed by atoms with Crippen molar-refractivity contribution in [1.82, 2.24) is 10.3 Å². The maximum absolute atomic E-state index is 12.0. The molecule has 0 bridgehead atoms. The molecule has 2 N–H and O–H groups in total. The van der Waals surface area contributed by atoms with Crippen LogP contribution in [0, 0.1) is 5.92 Å². The smallest absolute Gasteiger partial charge is 0.228 e. The van der Waals surface area contributed by atoms with Crippen LogP contribution in [0.2, 0.25) is 0 Å². The molecule has 1 saturated heterocycles. The summed E-state index contributed by atoms with van der Waals surface area (Å²) in [6.07, 6.45) is 2.62. The maximum atomic E-state index is 12.0. The average Bonchev–Trinajstić information content (AvgIpc) is 2.92. The molecule has 0 aliphatic carbocycles. The van der Waals surface area contributed by atoms with Crippen molar-refractivity contribution < 1.29 is 4.79 Å². The highest BCUT2D eigenvalue weighted by Crippen LogP contribution is 2.17. The van der Waals surface area contributed by atoms with Crippen molar-refractivity contribution in [2.45, 2.75) is 6.42 Å². The normalized spacial score (nSPS) is 19.0. The SMILES string of the molecule is O=C(Nc1cnc2ccccc2c1)C1CCNC1. The fourth-order valence-corrected chi connectivity index (χ4v) is 2.26. The lowest BCUT2D eigenvalue weighted by Gasteiger charge is -2.10. The second kappa shape index (κ2) is 4.74. The summed E-state index contributed by atoms with van der Waals surface area (Å²) < 4.78 is 0. The second-order valence-electron chi connectivity index (χ2n) is 4.60. The van der Waals surface area contributed by atoms with Crippen LogP contribution in [-0.4, -0.2) is 24.0 Å². The number of para-hydroxylation sites is 1. The minimum absolute atomic E-state index is 0.0801. The van der Waals surface area contributed by atoms with Crippen LogP contribution in [0.25, 0.3) is 10.9 Å². The number of nitrogens with zero attached hydrogens (tertiary/aromatic N) is 1. The Labute approximate surface area is 105 Å². The van der Waals surface area contributed by atoms with Crippen molar-refractivity contribution in [2.24, 2.45) is 5.92 Å². The lowest BCUT2D eigenvalue weighted by atomic mass is 10.1. The molecule has 4 nitrogen and oxygen atoms in total. The molecule has 18 heavy (non-hydrogen) atoms. The number of hydrogen-bond acceptors (Lipinski definition) is 3. The average molecular weight is 241 g/mol. The summed E-state index contributed by atoms with van der Waals surface area (Å²) in [7, 11) is 0. The van der Waals surface area contributed by atoms with Crippen molar-refractivity contribution in [1.29, 1.82) is 0 Å². The van der Waals surface area contributed by atoms with E-state index in [1.807, 2.05) is 30.3 Å². The van der Waals surface area contributed by atoms with Crippen molar-refractivity contribution in [3.8, 4) is 0 Å². The lowest BCUT2D eigenvalue weighted by molar-refractivity contribution is -0.119. The first kappa shape index (κ1) is 11.2. The molecule has 1 amide bonds. The third-order valence-corrected chi connectivity index (χ3v) is 3.29. The summed E-state index contributed by atoms with van der Waals surface area (Å²) >= 11 is 0. The molecule has 2 aromatic rings. The van der Waals surface area contributed by atoms with E-state index >= 15 is 0 Å². The number of amides is 1. The molecule has 1 unspecified atom stereocenters. The van der Waals surface area contributed by atoms with E-state index in [0.29, 0.717) is 0 Å². The molecule has 0 radical (unpaired) electrons. The number of fused-ring (bicyclic) bond motifs is 1. The molecule has 0 saturated carbocycles. The van der Waals surface area contributed by atoms with Crippen LogP contribution < -0.4 is 10.6 Å². The highest BCUT2D eigenvalue weighted by atomic mass is 16.1. The summed E-state index contributed by atoms with van der Waals surface area (Å²) in [6.45, 7) is 1.70. The Morgan fingerprint density at radius 3 is 3.11 bits per heavy atom. The number of aromatic nitrogens is 1. The molecule has 2 heterocycles. The monoisotopic (exact) mass is 241 g/mol. The van der Waals surface area contributed by atoms with Gasteiger partial charge in [0.15, 0.2) is 0 Å². The summed E-state index contributed by atoms with van der Waals surface area (Å²) in [5, 5.41) is 7.17. The van der Waals surface area contributed by atoms with Crippen LogP contribution in [0.1, 0.15) is 6.42 Å². The largest absolute Gasteiger partial charge is 0.324 e. The zero-order valence-electron chi connectivity index (χ0n) is 10.0. The quantitative estimate of drug-likeness (QED) is 0.842. The molecule has 92 valence electrons. The highest BCUT2D eigenvalue weighted by Gasteiger charge is 2.22. The Kier molecular flexibility index (Phi) is 2.94. The van der Waals surface area contributed by atoms with Gasteiger partial charge >= 0.3 is 0 Å². The van der Waals surface area contributed by atoms with Crippen molar-refractivity contribution in [2.75, 3.05) is 18.4 Å². The number of nitrogens with one attached hydrogen (secondary N) is 2. The van der Waals surface area contributed by atoms with Gasteiger partial charge in [-0.3, -0.25) is 9.78 Å². The van der Waals surface area contributed by atoms with Crippen LogP contribution in [0.4, 0.5) is 5.69 Å². The second-order valence-corrected chi connectivity index (χ2v) is 4.60. The zero-order chi connectivity index (χ0) is 12.4. The van der Waals surface area contributed by atoms with E-state index in [2.05, 4.69) is 15.6 Å². The van der Waals surface area contributed by atoms with Gasteiger partial charge in [0, 0.05) is 11.9 Å². The van der Waals surface area contributed by atoms with Gasteiger partial charge in [-0.1, -0.05) is 18.2 Å². The Morgan fingerprint density at radius 1 is 1.39 bits per heavy atom. The van der Waals surface area contributed by atoms with Crippen molar-refractivity contribution >= 4 is 22.5 Å². The van der Waals surface area contributed by atoms with Crippen LogP contribution in [0.15, 0.2) is 36.5 Å². The molecule has 3 rings (SSSR count). The molecular weight excluding hydrogens is 226 g/mol. The molecule has 1 aliphatic rings. The Morgan fingerprint density at radius 2 is 2.28 bits per heavy atom. The zero-order valence-corrected chi connectivity index (χ0v) is 10.0. The molecule has 1 fully saturated rings. The summed E-state index contributed by atoms with van der Waals surface area (Å²) in [4.78, 5) is 16.3. The highest BCUT2D eigenvalue weighted by molar-refractivity contribution is 5.94. The minimum Gasteiger partial charge on any atom is -0.324 e. The first-order chi connectivity index (χ1) is 8.83. The fourth-order valence-electron chi connectivity index (χ4n) is 2.26. The molecule has 4 heteroatoms. The lowest BCUT2D eigenvalue weighted by Crippen LogP contribution is -2.24. The molecule has 1 aliphatic heterocycles. The van der Waals surface area contributed by atoms with E-state index in [1.54, 1.807) is 6.20 Å². The van der Waals surface area contributed by atoms with E-state index in [-0.39, 0.29) is 11.8 Å². The van der Waals surface area contributed by atoms with Gasteiger partial charge in [0.25, 0.3) is 0 Å². The van der Waals surface area contributed by atoms with Crippen LogP contribution >= 0.6 is 0 Å². The number of benzene rings is 1. The van der Waals surface area contributed by atoms with Crippen LogP contribution in [0.5, 0.6) is 0 Å². The third kappa shape index (κ3) is 2.19. The predicted molar refractivity (Wildman–Crippen MR) is 71.3 cm³/mol. The molecular formula is C14H15N3O. The van der Waals surface area contributed by atoms with Crippen LogP contribution in [0.3, 0.4) is 0 Å². The first-order valence-corrected chi connectivity index (χ1v) is 6.19. The molecule has 0 spiro atoms. The third-order valence-electron chi connectivity index (χ3n) is 3.29. The summed E-state index contributed by atoms with van der Waals surface area (Å²) in [5.74, 6) is 0.161. The van der Waals surface area contributed by atoms with Gasteiger partial charge in [0.1, 0.15) is 0 Å². The number of carbonyl (C=O) groups is 1. The van der Waals surface area contributed by atoms with Gasteiger partial charge in [0.2, 0.25) is 5.91 Å². The number of anilines is 1. The standard InChI is InChI=1S/C14H15N3O/c18-14(11-5-6-15-8-11)17-12-7-10-3-1-2-4-13(10)16-9-12/h1-4,7,9,11,15H,5-6,8H2,(H,17,18). The van der Waals surface area contributed by atoms with E-state index in [4.69, 9.17) is 0 Å². The first-order valence-electron chi connectivity index (χ1n) is 6.19. The van der Waals surface area contributed by atoms with Gasteiger partial charge < -0.3 is 10.6 Å². The minimum atomic E-state index is 0.0801. The summed E-state index contributed by atoms with van der Waals surface area (Å²) in [6, 6.07) is 9.84. The van der Waals surface area contributed by atoms with Gasteiger partial charge in [-0.05, 0) is 25.1 Å². The van der Waals surface area contributed by atoms with Crippen molar-refractivity contribution in [3.63, 3.8) is 0 Å². The maximum Gasteiger partial charge on any atom is 0.228 e. The van der Waals surface area contributed by atoms with E-state index < -0.39 is 0 Å². The number of rotatable bonds is 2. The van der Waals surface area contributed by atoms with E-state index in [9.17, 15) is 4.79 Å². The topological polar surface area (TPSA) is 54.0 Å². The number of pyridine rings is 1. The Balaban J connectivity index is 1.79. The van der Waals surface area contributed by atoms with Gasteiger partial charge in [0.05, 0.1) is 23.3 Å². The van der Waals surface area contributed by atoms with E-state index in [1.165, 1.54) is 0 Å². The Bertz CT molecular complexity index is 576. The Hall–Kier alpha value is -1.94. The summed E-state index contributed by atoms with van der Waals surface area (Å²) in [5.41, 5.74) is 1.71. The predicted octanol–water partition coefficient (Wildman–Crippen LogP) is 1.78. The van der Waals surface area contributed by atoms with E-state index in [0.717, 1.165) is 36.1 Å². The molecule has 1 aromatic heterocycles. The fraction of sp³-hybridized carbons (Fsp3) is 0.286.